The van der Waals surface area contributed by atoms with E-state index < -0.39 is 0 Å². The fourth-order valence-electron chi connectivity index (χ4n) is 1.86. The van der Waals surface area contributed by atoms with Crippen LogP contribution in [0.25, 0.3) is 0 Å². The summed E-state index contributed by atoms with van der Waals surface area (Å²) in [5, 5.41) is 5.43. The second-order valence-electron chi connectivity index (χ2n) is 4.61. The molecule has 110 valence electrons. The molecule has 5 heteroatoms. The summed E-state index contributed by atoms with van der Waals surface area (Å²) in [5.41, 5.74) is 2.22. The molecule has 2 rings (SSSR count). The maximum atomic E-state index is 13.0. The number of ether oxygens (including phenoxy) is 1. The minimum atomic E-state index is -0.333. The van der Waals surface area contributed by atoms with Crippen molar-refractivity contribution in [3.63, 3.8) is 0 Å². The Morgan fingerprint density at radius 2 is 1.90 bits per heavy atom. The quantitative estimate of drug-likeness (QED) is 0.905. The lowest BCUT2D eigenvalue weighted by molar-refractivity contribution is 0.251. The van der Waals surface area contributed by atoms with Gasteiger partial charge in [-0.25, -0.2) is 9.18 Å². The third kappa shape index (κ3) is 4.21. The number of nitrogens with one attached hydrogen (secondary N) is 2. The van der Waals surface area contributed by atoms with E-state index in [2.05, 4.69) is 10.6 Å². The van der Waals surface area contributed by atoms with Crippen LogP contribution in [-0.4, -0.2) is 13.1 Å². The van der Waals surface area contributed by atoms with Crippen LogP contribution in [0.2, 0.25) is 0 Å². The number of carbonyl (C=O) groups is 1. The first-order chi connectivity index (χ1) is 10.1. The summed E-state index contributed by atoms with van der Waals surface area (Å²) in [6.45, 7) is 2.14. The average Bonchev–Trinajstić information content (AvgIpc) is 2.48. The second kappa shape index (κ2) is 6.74. The van der Waals surface area contributed by atoms with Crippen molar-refractivity contribution in [3.05, 3.63) is 59.4 Å². The zero-order chi connectivity index (χ0) is 15.2. The van der Waals surface area contributed by atoms with Crippen molar-refractivity contribution in [1.29, 1.82) is 0 Å². The minimum Gasteiger partial charge on any atom is -0.497 e. The first-order valence-electron chi connectivity index (χ1n) is 6.52. The monoisotopic (exact) mass is 288 g/mol. The van der Waals surface area contributed by atoms with Crippen LogP contribution in [0.15, 0.2) is 42.5 Å². The van der Waals surface area contributed by atoms with Crippen molar-refractivity contribution in [3.8, 4) is 5.75 Å². The van der Waals surface area contributed by atoms with Gasteiger partial charge < -0.3 is 15.4 Å². The Morgan fingerprint density at radius 1 is 1.19 bits per heavy atom. The number of urea groups is 1. The summed E-state index contributed by atoms with van der Waals surface area (Å²) in [6, 6.07) is 11.3. The number of hydrogen-bond donors (Lipinski definition) is 2. The molecule has 2 amide bonds. The van der Waals surface area contributed by atoms with Crippen LogP contribution in [0, 0.1) is 12.7 Å². The van der Waals surface area contributed by atoms with Crippen molar-refractivity contribution in [2.45, 2.75) is 13.5 Å². The van der Waals surface area contributed by atoms with Crippen molar-refractivity contribution >= 4 is 11.7 Å². The lowest BCUT2D eigenvalue weighted by Crippen LogP contribution is -2.28. The molecule has 0 fully saturated rings. The van der Waals surface area contributed by atoms with E-state index in [1.54, 1.807) is 14.0 Å². The molecule has 0 saturated carbocycles. The van der Waals surface area contributed by atoms with Gasteiger partial charge in [-0.05, 0) is 48.4 Å². The third-order valence-corrected chi connectivity index (χ3v) is 3.05. The maximum Gasteiger partial charge on any atom is 0.319 e. The Labute approximate surface area is 122 Å². The van der Waals surface area contributed by atoms with Gasteiger partial charge in [0.2, 0.25) is 0 Å². The first kappa shape index (κ1) is 14.8. The Kier molecular flexibility index (Phi) is 4.77. The van der Waals surface area contributed by atoms with Gasteiger partial charge in [0.25, 0.3) is 0 Å². The summed E-state index contributed by atoms with van der Waals surface area (Å²) in [4.78, 5) is 11.8. The summed E-state index contributed by atoms with van der Waals surface area (Å²) in [6.07, 6.45) is 0. The Bertz CT molecular complexity index is 627. The molecular formula is C16H17FN2O2. The molecule has 2 N–H and O–H groups in total. The maximum absolute atomic E-state index is 13.0. The molecule has 0 unspecified atom stereocenters. The van der Waals surface area contributed by atoms with Crippen LogP contribution in [0.1, 0.15) is 11.1 Å². The molecule has 0 aliphatic rings. The van der Waals surface area contributed by atoms with Crippen LogP contribution in [0.4, 0.5) is 14.9 Å². The summed E-state index contributed by atoms with van der Waals surface area (Å²) < 4.78 is 18.0. The highest BCUT2D eigenvalue weighted by atomic mass is 19.1. The van der Waals surface area contributed by atoms with Crippen LogP contribution in [-0.2, 0) is 6.54 Å². The highest BCUT2D eigenvalue weighted by Crippen LogP contribution is 2.15. The highest BCUT2D eigenvalue weighted by Gasteiger charge is 2.05. The predicted molar refractivity (Wildman–Crippen MR) is 80.0 cm³/mol. The van der Waals surface area contributed by atoms with Crippen LogP contribution in [0.3, 0.4) is 0 Å². The number of benzene rings is 2. The van der Waals surface area contributed by atoms with Gasteiger partial charge in [0.05, 0.1) is 7.11 Å². The Morgan fingerprint density at radius 3 is 2.52 bits per heavy atom. The van der Waals surface area contributed by atoms with Crippen LogP contribution >= 0.6 is 0 Å². The lowest BCUT2D eigenvalue weighted by Gasteiger charge is -2.10. The fourth-order valence-corrected chi connectivity index (χ4v) is 1.86. The SMILES string of the molecule is COc1ccc(CNC(=O)Nc2ccc(F)cc2C)cc1. The van der Waals surface area contributed by atoms with E-state index in [1.807, 2.05) is 24.3 Å². The third-order valence-electron chi connectivity index (χ3n) is 3.05. The molecular weight excluding hydrogens is 271 g/mol. The molecule has 2 aromatic rings. The van der Waals surface area contributed by atoms with Gasteiger partial charge in [0, 0.05) is 12.2 Å². The van der Waals surface area contributed by atoms with Crippen molar-refractivity contribution in [1.82, 2.24) is 5.32 Å². The Balaban J connectivity index is 1.89. The van der Waals surface area contributed by atoms with Gasteiger partial charge >= 0.3 is 6.03 Å². The Hall–Kier alpha value is -2.56. The van der Waals surface area contributed by atoms with Gasteiger partial charge in [-0.2, -0.15) is 0 Å². The molecule has 0 saturated heterocycles. The van der Waals surface area contributed by atoms with Crippen LogP contribution in [0.5, 0.6) is 5.75 Å². The molecule has 21 heavy (non-hydrogen) atoms. The molecule has 0 aliphatic carbocycles. The average molecular weight is 288 g/mol. The molecule has 0 bridgehead atoms. The van der Waals surface area contributed by atoms with E-state index in [9.17, 15) is 9.18 Å². The van der Waals surface area contributed by atoms with Crippen molar-refractivity contribution in [2.24, 2.45) is 0 Å². The second-order valence-corrected chi connectivity index (χ2v) is 4.61. The lowest BCUT2D eigenvalue weighted by atomic mass is 10.2. The molecule has 4 nitrogen and oxygen atoms in total. The first-order valence-corrected chi connectivity index (χ1v) is 6.52. The summed E-state index contributed by atoms with van der Waals surface area (Å²) in [7, 11) is 1.60. The number of methoxy groups -OCH3 is 1. The molecule has 0 aliphatic heterocycles. The zero-order valence-electron chi connectivity index (χ0n) is 11.9. The minimum absolute atomic E-state index is 0.323. The number of rotatable bonds is 4. The van der Waals surface area contributed by atoms with E-state index >= 15 is 0 Å². The number of aryl methyl sites for hydroxylation is 1. The number of amides is 2. The van der Waals surface area contributed by atoms with E-state index in [-0.39, 0.29) is 11.8 Å². The largest absolute Gasteiger partial charge is 0.497 e. The van der Waals surface area contributed by atoms with E-state index in [1.165, 1.54) is 18.2 Å². The topological polar surface area (TPSA) is 50.4 Å². The van der Waals surface area contributed by atoms with Crippen LogP contribution < -0.4 is 15.4 Å². The van der Waals surface area contributed by atoms with Gasteiger partial charge in [-0.15, -0.1) is 0 Å². The van der Waals surface area contributed by atoms with E-state index in [0.29, 0.717) is 17.8 Å². The number of hydrogen-bond acceptors (Lipinski definition) is 2. The summed E-state index contributed by atoms with van der Waals surface area (Å²) in [5.74, 6) is 0.446. The number of carbonyl (C=O) groups excluding carboxylic acids is 1. The van der Waals surface area contributed by atoms with Gasteiger partial charge in [-0.1, -0.05) is 12.1 Å². The standard InChI is InChI=1S/C16H17FN2O2/c1-11-9-13(17)5-8-15(11)19-16(20)18-10-12-3-6-14(21-2)7-4-12/h3-9H,10H2,1-2H3,(H2,18,19,20). The molecule has 0 atom stereocenters. The predicted octanol–water partition coefficient (Wildman–Crippen LogP) is 3.46. The van der Waals surface area contributed by atoms with Crippen molar-refractivity contribution < 1.29 is 13.9 Å². The molecule has 0 aromatic heterocycles. The molecule has 2 aromatic carbocycles. The number of halogens is 1. The normalized spacial score (nSPS) is 10.0. The van der Waals surface area contributed by atoms with Gasteiger partial charge in [0.1, 0.15) is 11.6 Å². The number of anilines is 1. The van der Waals surface area contributed by atoms with Gasteiger partial charge in [0.15, 0.2) is 0 Å². The molecule has 0 spiro atoms. The van der Waals surface area contributed by atoms with Crippen molar-refractivity contribution in [2.75, 3.05) is 12.4 Å². The smallest absolute Gasteiger partial charge is 0.319 e. The van der Waals surface area contributed by atoms with E-state index in [0.717, 1.165) is 11.3 Å². The fraction of sp³-hybridized carbons (Fsp3) is 0.188. The van der Waals surface area contributed by atoms with E-state index in [4.69, 9.17) is 4.74 Å². The highest BCUT2D eigenvalue weighted by molar-refractivity contribution is 5.89. The zero-order valence-corrected chi connectivity index (χ0v) is 11.9. The summed E-state index contributed by atoms with van der Waals surface area (Å²) >= 11 is 0. The molecule has 0 heterocycles. The van der Waals surface area contributed by atoms with Gasteiger partial charge in [-0.3, -0.25) is 0 Å². The molecule has 0 radical (unpaired) electrons.